The number of rotatable bonds is 6. The lowest BCUT2D eigenvalue weighted by Crippen LogP contribution is -2.32. The number of nitrogens with two attached hydrogens (primary N) is 1. The summed E-state index contributed by atoms with van der Waals surface area (Å²) in [4.78, 5) is 36.4. The Bertz CT molecular complexity index is 1530. The first-order chi connectivity index (χ1) is 18.9. The molecule has 2 atom stereocenters. The number of carbonyl (C=O) groups excluding carboxylic acids is 2. The number of hydrogen-bond acceptors (Lipinski definition) is 11. The van der Waals surface area contributed by atoms with Crippen molar-refractivity contribution in [1.29, 1.82) is 0 Å². The van der Waals surface area contributed by atoms with Gasteiger partial charge in [-0.15, -0.1) is 16.4 Å². The van der Waals surface area contributed by atoms with Crippen molar-refractivity contribution < 1.29 is 14.2 Å². The van der Waals surface area contributed by atoms with Gasteiger partial charge in [0.05, 0.1) is 17.9 Å². The van der Waals surface area contributed by atoms with E-state index in [1.165, 1.54) is 15.8 Å². The van der Waals surface area contributed by atoms with Gasteiger partial charge in [0.2, 0.25) is 11.6 Å². The molecule has 0 spiro atoms. The molecule has 0 saturated carbocycles. The van der Waals surface area contributed by atoms with Gasteiger partial charge < -0.3 is 15.5 Å². The van der Waals surface area contributed by atoms with Crippen LogP contribution in [0.3, 0.4) is 0 Å². The summed E-state index contributed by atoms with van der Waals surface area (Å²) >= 11 is 1.55. The van der Waals surface area contributed by atoms with Crippen molar-refractivity contribution in [3.63, 3.8) is 0 Å². The number of thiazole rings is 1. The number of hydrogen-bond donors (Lipinski definition) is 2. The van der Waals surface area contributed by atoms with E-state index in [4.69, 9.17) is 5.73 Å². The Morgan fingerprint density at radius 1 is 1.23 bits per heavy atom. The molecule has 0 radical (unpaired) electrons. The Balaban J connectivity index is 1.16. The molecule has 1 aliphatic carbocycles. The van der Waals surface area contributed by atoms with E-state index in [0.29, 0.717) is 23.3 Å². The zero-order chi connectivity index (χ0) is 27.1. The standard InChI is InChI=1S/C25H28N10O3S/c1-33(2)16-8-9-17-20(12-16)39-25(27-17)28-23(36)15-6-3-5-14(11-15)19-7-4-10-34(19)24(37)18-13-35(32-29-18)22-21(26)30-38-31-22/h3,5-6,11,13,16,19H,4,7-10,12H2,1-2H3,(H2,26,30)(H,27,28,36)/t16-,19+/m0/s1. The third-order valence-corrected chi connectivity index (χ3v) is 8.37. The molecular formula is C25H28N10O3S. The first-order valence-corrected chi connectivity index (χ1v) is 13.6. The number of likely N-dealkylation sites (tertiary alicyclic amines) is 1. The van der Waals surface area contributed by atoms with Crippen molar-refractivity contribution in [2.75, 3.05) is 31.7 Å². The quantitative estimate of drug-likeness (QED) is 0.366. The molecular weight excluding hydrogens is 520 g/mol. The van der Waals surface area contributed by atoms with Gasteiger partial charge in [0.15, 0.2) is 10.8 Å². The van der Waals surface area contributed by atoms with Gasteiger partial charge >= 0.3 is 0 Å². The molecule has 4 aromatic rings. The van der Waals surface area contributed by atoms with Gasteiger partial charge in [0.1, 0.15) is 0 Å². The van der Waals surface area contributed by atoms with Gasteiger partial charge in [-0.25, -0.2) is 9.61 Å². The van der Waals surface area contributed by atoms with Crippen LogP contribution in [-0.4, -0.2) is 78.6 Å². The van der Waals surface area contributed by atoms with E-state index < -0.39 is 0 Å². The first-order valence-electron chi connectivity index (χ1n) is 12.8. The third-order valence-electron chi connectivity index (χ3n) is 7.34. The average Bonchev–Trinajstić information content (AvgIpc) is 3.74. The lowest BCUT2D eigenvalue weighted by molar-refractivity contribution is 0.0729. The molecule has 14 heteroatoms. The smallest absolute Gasteiger partial charge is 0.276 e. The Labute approximate surface area is 227 Å². The second kappa shape index (κ2) is 10.2. The van der Waals surface area contributed by atoms with Crippen LogP contribution < -0.4 is 11.1 Å². The second-order valence-electron chi connectivity index (χ2n) is 10.0. The summed E-state index contributed by atoms with van der Waals surface area (Å²) in [5, 5.41) is 18.8. The second-order valence-corrected chi connectivity index (χ2v) is 11.1. The van der Waals surface area contributed by atoms with E-state index in [1.54, 1.807) is 22.3 Å². The van der Waals surface area contributed by atoms with Crippen LogP contribution >= 0.6 is 11.3 Å². The third kappa shape index (κ3) is 4.88. The summed E-state index contributed by atoms with van der Waals surface area (Å²) in [6.07, 6.45) is 6.00. The maximum atomic E-state index is 13.4. The monoisotopic (exact) mass is 548 g/mol. The molecule has 4 heterocycles. The zero-order valence-electron chi connectivity index (χ0n) is 21.6. The van der Waals surface area contributed by atoms with Crippen LogP contribution in [0.1, 0.15) is 62.3 Å². The highest BCUT2D eigenvalue weighted by Gasteiger charge is 2.33. The minimum Gasteiger partial charge on any atom is -0.378 e. The van der Waals surface area contributed by atoms with Crippen molar-refractivity contribution in [3.05, 3.63) is 57.9 Å². The number of likely N-dealkylation sites (N-methyl/N-ethyl adjacent to an activating group) is 1. The molecule has 1 fully saturated rings. The molecule has 1 saturated heterocycles. The van der Waals surface area contributed by atoms with E-state index in [1.807, 2.05) is 18.2 Å². The van der Waals surface area contributed by atoms with Crippen LogP contribution in [0.25, 0.3) is 5.82 Å². The molecule has 39 heavy (non-hydrogen) atoms. The number of nitrogens with one attached hydrogen (secondary N) is 1. The number of fused-ring (bicyclic) bond motifs is 1. The highest BCUT2D eigenvalue weighted by atomic mass is 32.1. The summed E-state index contributed by atoms with van der Waals surface area (Å²) in [7, 11) is 4.20. The summed E-state index contributed by atoms with van der Waals surface area (Å²) in [5.74, 6) is -0.275. The predicted molar refractivity (Wildman–Crippen MR) is 143 cm³/mol. The SMILES string of the molecule is CN(C)[C@H]1CCc2nc(NC(=O)c3cccc([C@H]4CCCN4C(=O)c4cn(-c5nonc5N)nn4)c3)sc2C1. The molecule has 0 unspecified atom stereocenters. The van der Waals surface area contributed by atoms with E-state index in [9.17, 15) is 9.59 Å². The summed E-state index contributed by atoms with van der Waals surface area (Å²) < 4.78 is 5.86. The van der Waals surface area contributed by atoms with Crippen LogP contribution in [0.5, 0.6) is 0 Å². The van der Waals surface area contributed by atoms with Crippen molar-refractivity contribution in [2.45, 2.75) is 44.2 Å². The van der Waals surface area contributed by atoms with Crippen molar-refractivity contribution in [1.82, 2.24) is 40.1 Å². The maximum absolute atomic E-state index is 13.4. The van der Waals surface area contributed by atoms with Crippen LogP contribution in [0.2, 0.25) is 0 Å². The fourth-order valence-electron chi connectivity index (χ4n) is 5.23. The molecule has 13 nitrogen and oxygen atoms in total. The topological polar surface area (TPSA) is 161 Å². The Morgan fingerprint density at radius 2 is 2.10 bits per heavy atom. The minimum absolute atomic E-state index is 0.0451. The Hall–Kier alpha value is -4.17. The predicted octanol–water partition coefficient (Wildman–Crippen LogP) is 2.34. The van der Waals surface area contributed by atoms with Gasteiger partial charge in [-0.3, -0.25) is 14.9 Å². The molecule has 3 aromatic heterocycles. The minimum atomic E-state index is -0.266. The number of aryl methyl sites for hydroxylation is 1. The zero-order valence-corrected chi connectivity index (χ0v) is 22.4. The molecule has 3 N–H and O–H groups in total. The fourth-order valence-corrected chi connectivity index (χ4v) is 6.30. The van der Waals surface area contributed by atoms with E-state index >= 15 is 0 Å². The normalized spacial score (nSPS) is 18.9. The van der Waals surface area contributed by atoms with Crippen LogP contribution in [-0.2, 0) is 12.8 Å². The van der Waals surface area contributed by atoms with E-state index in [0.717, 1.165) is 43.4 Å². The van der Waals surface area contributed by atoms with Gasteiger partial charge in [-0.1, -0.05) is 17.3 Å². The summed E-state index contributed by atoms with van der Waals surface area (Å²) in [6.45, 7) is 0.569. The molecule has 1 aromatic carbocycles. The van der Waals surface area contributed by atoms with E-state index in [-0.39, 0.29) is 35.2 Å². The number of nitrogens with zero attached hydrogens (tertiary/aromatic N) is 8. The van der Waals surface area contributed by atoms with Gasteiger partial charge in [0.25, 0.3) is 11.8 Å². The number of carbonyl (C=O) groups is 2. The van der Waals surface area contributed by atoms with Gasteiger partial charge in [-0.2, -0.15) is 4.68 Å². The fraction of sp³-hybridized carbons (Fsp3) is 0.400. The highest BCUT2D eigenvalue weighted by molar-refractivity contribution is 7.15. The van der Waals surface area contributed by atoms with Gasteiger partial charge in [-0.05, 0) is 74.2 Å². The molecule has 2 amide bonds. The van der Waals surface area contributed by atoms with Gasteiger partial charge in [0, 0.05) is 23.0 Å². The summed E-state index contributed by atoms with van der Waals surface area (Å²) in [6, 6.07) is 7.71. The average molecular weight is 549 g/mol. The number of benzene rings is 1. The van der Waals surface area contributed by atoms with E-state index in [2.05, 4.69) is 54.6 Å². The Morgan fingerprint density at radius 3 is 2.90 bits per heavy atom. The number of anilines is 2. The van der Waals surface area contributed by atoms with Crippen molar-refractivity contribution in [2.24, 2.45) is 0 Å². The first kappa shape index (κ1) is 25.1. The number of aromatic nitrogens is 6. The van der Waals surface area contributed by atoms with Crippen LogP contribution in [0.4, 0.5) is 10.9 Å². The van der Waals surface area contributed by atoms with Crippen LogP contribution in [0, 0.1) is 0 Å². The van der Waals surface area contributed by atoms with Crippen molar-refractivity contribution in [3.8, 4) is 5.82 Å². The lowest BCUT2D eigenvalue weighted by Gasteiger charge is -2.27. The summed E-state index contributed by atoms with van der Waals surface area (Å²) in [5.41, 5.74) is 8.36. The molecule has 1 aliphatic heterocycles. The highest BCUT2D eigenvalue weighted by Crippen LogP contribution is 2.34. The number of nitrogen functional groups attached to an aromatic ring is 1. The largest absolute Gasteiger partial charge is 0.378 e. The molecule has 202 valence electrons. The molecule has 0 bridgehead atoms. The molecule has 2 aliphatic rings. The van der Waals surface area contributed by atoms with Crippen molar-refractivity contribution >= 4 is 34.1 Å². The lowest BCUT2D eigenvalue weighted by atomic mass is 9.97. The Kier molecular flexibility index (Phi) is 6.56. The molecule has 6 rings (SSSR count). The maximum Gasteiger partial charge on any atom is 0.276 e. The number of amides is 2. The van der Waals surface area contributed by atoms with Crippen LogP contribution in [0.15, 0.2) is 35.1 Å².